The minimum atomic E-state index is -1.37. The summed E-state index contributed by atoms with van der Waals surface area (Å²) < 4.78 is 13.3. The molecule has 1 fully saturated rings. The quantitative estimate of drug-likeness (QED) is 0.921. The van der Waals surface area contributed by atoms with Gasteiger partial charge in [0.05, 0.1) is 16.3 Å². The summed E-state index contributed by atoms with van der Waals surface area (Å²) in [4.78, 5) is 35.6. The number of carboxylic acid groups (broad SMARTS) is 1. The number of carbonyl (C=O) groups excluding carboxylic acids is 2. The molecule has 1 amide bonds. The lowest BCUT2D eigenvalue weighted by Gasteiger charge is -2.20. The summed E-state index contributed by atoms with van der Waals surface area (Å²) in [5.74, 6) is -2.51. The Balaban J connectivity index is 2.40. The highest BCUT2D eigenvalue weighted by Gasteiger charge is 2.35. The molecule has 0 saturated carbocycles. The summed E-state index contributed by atoms with van der Waals surface area (Å²) in [6.07, 6.45) is 0.108. The number of aromatic carboxylic acids is 1. The molecule has 1 aromatic carbocycles. The molecule has 1 saturated heterocycles. The predicted molar refractivity (Wildman–Crippen MR) is 77.4 cm³/mol. The van der Waals surface area contributed by atoms with Crippen LogP contribution in [0.15, 0.2) is 12.1 Å². The maximum atomic E-state index is 13.3. The predicted octanol–water partition coefficient (Wildman–Crippen LogP) is 2.56. The number of anilines is 1. The summed E-state index contributed by atoms with van der Waals surface area (Å²) in [6, 6.07) is 1.78. The average Bonchev–Trinajstić information content (AvgIpc) is 2.67. The number of rotatable bonds is 3. The lowest BCUT2D eigenvalue weighted by molar-refractivity contribution is -0.117. The van der Waals surface area contributed by atoms with Crippen molar-refractivity contribution in [1.82, 2.24) is 0 Å². The van der Waals surface area contributed by atoms with Crippen LogP contribution >= 0.6 is 23.4 Å². The second kappa shape index (κ2) is 6.03. The first-order valence-electron chi connectivity index (χ1n) is 5.99. The molecule has 2 rings (SSSR count). The Kier molecular flexibility index (Phi) is 4.53. The monoisotopic (exact) mass is 331 g/mol. The van der Waals surface area contributed by atoms with Crippen molar-refractivity contribution in [3.8, 4) is 0 Å². The molecule has 1 unspecified atom stereocenters. The summed E-state index contributed by atoms with van der Waals surface area (Å²) in [5.41, 5.74) is -0.399. The molecule has 1 aromatic rings. The molecule has 21 heavy (non-hydrogen) atoms. The molecule has 1 aliphatic heterocycles. The number of carboxylic acids is 1. The van der Waals surface area contributed by atoms with Gasteiger partial charge < -0.3 is 10.0 Å². The van der Waals surface area contributed by atoms with Crippen molar-refractivity contribution >= 4 is 46.0 Å². The summed E-state index contributed by atoms with van der Waals surface area (Å²) in [6.45, 7) is 1.56. The van der Waals surface area contributed by atoms with Gasteiger partial charge in [-0.05, 0) is 12.1 Å². The molecule has 1 N–H and O–H groups in total. The molecule has 1 atom stereocenters. The Morgan fingerprint density at radius 3 is 2.71 bits per heavy atom. The van der Waals surface area contributed by atoms with Crippen molar-refractivity contribution in [2.75, 3.05) is 11.4 Å². The van der Waals surface area contributed by atoms with Gasteiger partial charge in [0.15, 0.2) is 5.12 Å². The van der Waals surface area contributed by atoms with Gasteiger partial charge in [0.2, 0.25) is 5.91 Å². The van der Waals surface area contributed by atoms with Crippen LogP contribution in [-0.4, -0.2) is 33.9 Å². The molecule has 1 heterocycles. The topological polar surface area (TPSA) is 74.7 Å². The molecule has 0 aromatic heterocycles. The standard InChI is InChI=1S/C13H11ClFNO4S/c1-6(17)21-8-4-11(18)16(5-8)12-9(13(19)20)2-7(15)3-10(12)14/h2-3,8H,4-5H2,1H3,(H,19,20). The van der Waals surface area contributed by atoms with Crippen LogP contribution in [0.2, 0.25) is 5.02 Å². The first-order chi connectivity index (χ1) is 9.79. The highest BCUT2D eigenvalue weighted by Crippen LogP contribution is 2.36. The van der Waals surface area contributed by atoms with Gasteiger partial charge in [0, 0.05) is 25.1 Å². The molecule has 0 aliphatic carbocycles. The van der Waals surface area contributed by atoms with Crippen molar-refractivity contribution < 1.29 is 23.9 Å². The summed E-state index contributed by atoms with van der Waals surface area (Å²) in [7, 11) is 0. The van der Waals surface area contributed by atoms with Crippen molar-refractivity contribution in [1.29, 1.82) is 0 Å². The Labute approximate surface area is 129 Å². The van der Waals surface area contributed by atoms with E-state index in [4.69, 9.17) is 16.7 Å². The van der Waals surface area contributed by atoms with E-state index in [1.165, 1.54) is 11.8 Å². The summed E-state index contributed by atoms with van der Waals surface area (Å²) >= 11 is 6.93. The largest absolute Gasteiger partial charge is 0.478 e. The Hall–Kier alpha value is -1.60. The smallest absolute Gasteiger partial charge is 0.337 e. The van der Waals surface area contributed by atoms with Crippen molar-refractivity contribution in [2.24, 2.45) is 0 Å². The Morgan fingerprint density at radius 1 is 1.48 bits per heavy atom. The summed E-state index contributed by atoms with van der Waals surface area (Å²) in [5, 5.41) is 8.61. The van der Waals surface area contributed by atoms with E-state index in [0.717, 1.165) is 23.9 Å². The van der Waals surface area contributed by atoms with Crippen LogP contribution in [0, 0.1) is 5.82 Å². The fourth-order valence-electron chi connectivity index (χ4n) is 2.21. The van der Waals surface area contributed by atoms with Gasteiger partial charge in [-0.15, -0.1) is 0 Å². The van der Waals surface area contributed by atoms with Crippen LogP contribution in [0.3, 0.4) is 0 Å². The van der Waals surface area contributed by atoms with E-state index in [1.807, 2.05) is 0 Å². The third kappa shape index (κ3) is 3.36. The molecule has 1 aliphatic rings. The van der Waals surface area contributed by atoms with Crippen molar-refractivity contribution in [3.05, 3.63) is 28.5 Å². The van der Waals surface area contributed by atoms with E-state index in [2.05, 4.69) is 0 Å². The number of halogens is 2. The van der Waals surface area contributed by atoms with Crippen molar-refractivity contribution in [2.45, 2.75) is 18.6 Å². The third-order valence-electron chi connectivity index (χ3n) is 2.95. The average molecular weight is 332 g/mol. The van der Waals surface area contributed by atoms with Gasteiger partial charge in [-0.2, -0.15) is 0 Å². The van der Waals surface area contributed by atoms with E-state index in [0.29, 0.717) is 0 Å². The van der Waals surface area contributed by atoms with E-state index in [1.54, 1.807) is 0 Å². The van der Waals surface area contributed by atoms with Crippen LogP contribution in [0.4, 0.5) is 10.1 Å². The molecule has 0 radical (unpaired) electrons. The number of hydrogen-bond acceptors (Lipinski definition) is 4. The zero-order chi connectivity index (χ0) is 15.7. The number of hydrogen-bond donors (Lipinski definition) is 1. The minimum Gasteiger partial charge on any atom is -0.478 e. The normalized spacial score (nSPS) is 18.1. The number of thioether (sulfide) groups is 1. The zero-order valence-electron chi connectivity index (χ0n) is 10.9. The van der Waals surface area contributed by atoms with Gasteiger partial charge in [-0.25, -0.2) is 9.18 Å². The number of amides is 1. The third-order valence-corrected chi connectivity index (χ3v) is 4.22. The second-order valence-corrected chi connectivity index (χ2v) is 6.41. The number of carbonyl (C=O) groups is 3. The number of nitrogens with zero attached hydrogens (tertiary/aromatic N) is 1. The fourth-order valence-corrected chi connectivity index (χ4v) is 3.43. The highest BCUT2D eigenvalue weighted by molar-refractivity contribution is 8.14. The maximum Gasteiger partial charge on any atom is 0.337 e. The van der Waals surface area contributed by atoms with Crippen LogP contribution in [0.25, 0.3) is 0 Å². The second-order valence-electron chi connectivity index (χ2n) is 4.53. The van der Waals surface area contributed by atoms with E-state index in [-0.39, 0.29) is 45.5 Å². The first kappa shape index (κ1) is 15.8. The number of benzene rings is 1. The fraction of sp³-hybridized carbons (Fsp3) is 0.308. The minimum absolute atomic E-state index is 0.0257. The van der Waals surface area contributed by atoms with Gasteiger partial charge >= 0.3 is 5.97 Å². The molecule has 5 nitrogen and oxygen atoms in total. The van der Waals surface area contributed by atoms with E-state index < -0.39 is 11.8 Å². The SMILES string of the molecule is CC(=O)SC1CC(=O)N(c2c(Cl)cc(F)cc2C(=O)O)C1. The highest BCUT2D eigenvalue weighted by atomic mass is 35.5. The lowest BCUT2D eigenvalue weighted by Crippen LogP contribution is -2.27. The van der Waals surface area contributed by atoms with Crippen LogP contribution in [0.1, 0.15) is 23.7 Å². The lowest BCUT2D eigenvalue weighted by atomic mass is 10.1. The van der Waals surface area contributed by atoms with Crippen LogP contribution in [0.5, 0.6) is 0 Å². The van der Waals surface area contributed by atoms with Gasteiger partial charge in [0.1, 0.15) is 5.82 Å². The van der Waals surface area contributed by atoms with Crippen LogP contribution in [-0.2, 0) is 9.59 Å². The molecule has 0 spiro atoms. The van der Waals surface area contributed by atoms with Gasteiger partial charge in [-0.1, -0.05) is 23.4 Å². The van der Waals surface area contributed by atoms with Gasteiger partial charge in [-0.3, -0.25) is 9.59 Å². The van der Waals surface area contributed by atoms with E-state index in [9.17, 15) is 18.8 Å². The molecule has 0 bridgehead atoms. The molecule has 112 valence electrons. The van der Waals surface area contributed by atoms with E-state index >= 15 is 0 Å². The van der Waals surface area contributed by atoms with Crippen molar-refractivity contribution in [3.63, 3.8) is 0 Å². The molecular formula is C13H11ClFNO4S. The van der Waals surface area contributed by atoms with Crippen LogP contribution < -0.4 is 4.90 Å². The first-order valence-corrected chi connectivity index (χ1v) is 7.25. The maximum absolute atomic E-state index is 13.3. The molecule has 8 heteroatoms. The molecular weight excluding hydrogens is 321 g/mol. The zero-order valence-corrected chi connectivity index (χ0v) is 12.5. The Bertz CT molecular complexity index is 637. The van der Waals surface area contributed by atoms with Gasteiger partial charge in [0.25, 0.3) is 0 Å². The Morgan fingerprint density at radius 2 is 2.14 bits per heavy atom.